The van der Waals surface area contributed by atoms with Gasteiger partial charge in [0.1, 0.15) is 0 Å². The Bertz CT molecular complexity index is 1010. The van der Waals surface area contributed by atoms with Gasteiger partial charge in [-0.1, -0.05) is 13.8 Å². The van der Waals surface area contributed by atoms with E-state index in [1.165, 1.54) is 16.4 Å². The molecule has 2 aromatic rings. The summed E-state index contributed by atoms with van der Waals surface area (Å²) in [5, 5.41) is 2.66. The molecule has 0 aliphatic heterocycles. The van der Waals surface area contributed by atoms with Crippen molar-refractivity contribution in [2.24, 2.45) is 0 Å². The van der Waals surface area contributed by atoms with Gasteiger partial charge in [-0.05, 0) is 32.3 Å². The van der Waals surface area contributed by atoms with Crippen LogP contribution in [0.5, 0.6) is 0 Å². The van der Waals surface area contributed by atoms with Crippen molar-refractivity contribution in [2.75, 3.05) is 40.3 Å². The summed E-state index contributed by atoms with van der Waals surface area (Å²) in [4.78, 5) is 17.4. The van der Waals surface area contributed by atoms with Crippen LogP contribution in [0.1, 0.15) is 26.1 Å². The molecule has 0 atom stereocenters. The number of benzene rings is 1. The van der Waals surface area contributed by atoms with Crippen LogP contribution in [0.4, 0.5) is 13.2 Å². The van der Waals surface area contributed by atoms with Gasteiger partial charge in [0.15, 0.2) is 0 Å². The molecule has 2 rings (SSSR count). The minimum absolute atomic E-state index is 0.0893. The van der Waals surface area contributed by atoms with E-state index in [4.69, 9.17) is 0 Å². The standard InChI is InChI=1S/C19H28F3N5O3S/c1-5-26(6-2)31(29,30)14-7-8-16-15(13-14)24-18(19(20,21)22)27(16)11-9-17(28)23-10-12-25(3)4/h7-8,13H,5-6,9-12H2,1-4H3,(H,23,28). The molecule has 174 valence electrons. The van der Waals surface area contributed by atoms with Crippen LogP contribution in [0.2, 0.25) is 0 Å². The number of carbonyl (C=O) groups excluding carboxylic acids is 1. The summed E-state index contributed by atoms with van der Waals surface area (Å²) in [6, 6.07) is 3.72. The minimum atomic E-state index is -4.75. The van der Waals surface area contributed by atoms with Crippen LogP contribution in [0.3, 0.4) is 0 Å². The highest BCUT2D eigenvalue weighted by Crippen LogP contribution is 2.32. The molecule has 0 fully saturated rings. The van der Waals surface area contributed by atoms with E-state index < -0.39 is 22.0 Å². The Hall–Kier alpha value is -2.18. The third-order valence-electron chi connectivity index (χ3n) is 4.76. The largest absolute Gasteiger partial charge is 0.449 e. The van der Waals surface area contributed by atoms with Gasteiger partial charge in [-0.25, -0.2) is 13.4 Å². The topological polar surface area (TPSA) is 87.5 Å². The number of amides is 1. The zero-order chi connectivity index (χ0) is 23.4. The lowest BCUT2D eigenvalue weighted by molar-refractivity contribution is -0.147. The predicted octanol–water partition coefficient (Wildman–Crippen LogP) is 2.15. The number of halogens is 3. The van der Waals surface area contributed by atoms with Crippen molar-refractivity contribution in [3.63, 3.8) is 0 Å². The van der Waals surface area contributed by atoms with Crippen molar-refractivity contribution in [1.82, 2.24) is 24.1 Å². The molecule has 1 N–H and O–H groups in total. The van der Waals surface area contributed by atoms with Gasteiger partial charge in [-0.2, -0.15) is 17.5 Å². The lowest BCUT2D eigenvalue weighted by atomic mass is 10.3. The quantitative estimate of drug-likeness (QED) is 0.584. The van der Waals surface area contributed by atoms with Gasteiger partial charge in [-0.3, -0.25) is 4.79 Å². The molecule has 31 heavy (non-hydrogen) atoms. The number of hydrogen-bond donors (Lipinski definition) is 1. The van der Waals surface area contributed by atoms with E-state index >= 15 is 0 Å². The highest BCUT2D eigenvalue weighted by molar-refractivity contribution is 7.89. The fourth-order valence-electron chi connectivity index (χ4n) is 3.15. The maximum atomic E-state index is 13.6. The Morgan fingerprint density at radius 1 is 1.19 bits per heavy atom. The molecule has 1 aromatic carbocycles. The summed E-state index contributed by atoms with van der Waals surface area (Å²) < 4.78 is 68.2. The SMILES string of the molecule is CCN(CC)S(=O)(=O)c1ccc2c(c1)nc(C(F)(F)F)n2CCC(=O)NCCN(C)C. The van der Waals surface area contributed by atoms with Gasteiger partial charge in [0.25, 0.3) is 0 Å². The van der Waals surface area contributed by atoms with Crippen LogP contribution in [-0.2, 0) is 27.5 Å². The number of aryl methyl sites for hydroxylation is 1. The van der Waals surface area contributed by atoms with Crippen LogP contribution < -0.4 is 5.32 Å². The molecule has 0 unspecified atom stereocenters. The molecular formula is C19H28F3N5O3S. The second kappa shape index (κ2) is 9.96. The first-order valence-corrected chi connectivity index (χ1v) is 11.3. The van der Waals surface area contributed by atoms with Gasteiger partial charge in [0, 0.05) is 39.1 Å². The van der Waals surface area contributed by atoms with E-state index in [1.807, 2.05) is 19.0 Å². The molecule has 1 aromatic heterocycles. The molecule has 0 aliphatic rings. The number of hydrogen-bond acceptors (Lipinski definition) is 5. The maximum Gasteiger partial charge on any atom is 0.449 e. The van der Waals surface area contributed by atoms with Crippen molar-refractivity contribution in [3.8, 4) is 0 Å². The molecule has 1 heterocycles. The highest BCUT2D eigenvalue weighted by atomic mass is 32.2. The summed E-state index contributed by atoms with van der Waals surface area (Å²) in [7, 11) is -0.157. The Morgan fingerprint density at radius 3 is 2.39 bits per heavy atom. The monoisotopic (exact) mass is 463 g/mol. The maximum absolute atomic E-state index is 13.6. The third-order valence-corrected chi connectivity index (χ3v) is 6.81. The number of rotatable bonds is 10. The van der Waals surface area contributed by atoms with E-state index in [9.17, 15) is 26.4 Å². The van der Waals surface area contributed by atoms with Crippen molar-refractivity contribution >= 4 is 27.0 Å². The Morgan fingerprint density at radius 2 is 1.84 bits per heavy atom. The number of likely N-dealkylation sites (N-methyl/N-ethyl adjacent to an activating group) is 1. The first-order valence-electron chi connectivity index (χ1n) is 9.90. The normalized spacial score (nSPS) is 12.8. The van der Waals surface area contributed by atoms with Crippen molar-refractivity contribution in [1.29, 1.82) is 0 Å². The van der Waals surface area contributed by atoms with E-state index in [0.29, 0.717) is 13.1 Å². The molecule has 1 amide bonds. The number of fused-ring (bicyclic) bond motifs is 1. The predicted molar refractivity (Wildman–Crippen MR) is 111 cm³/mol. The molecule has 8 nitrogen and oxygen atoms in total. The van der Waals surface area contributed by atoms with Crippen molar-refractivity contribution < 1.29 is 26.4 Å². The first kappa shape index (κ1) is 25.1. The van der Waals surface area contributed by atoms with Crippen molar-refractivity contribution in [2.45, 2.75) is 37.9 Å². The number of nitrogens with zero attached hydrogens (tertiary/aromatic N) is 4. The molecule has 0 saturated carbocycles. The second-order valence-electron chi connectivity index (χ2n) is 7.23. The van der Waals surface area contributed by atoms with Gasteiger partial charge in [0.05, 0.1) is 15.9 Å². The van der Waals surface area contributed by atoms with Crippen LogP contribution >= 0.6 is 0 Å². The van der Waals surface area contributed by atoms with E-state index in [2.05, 4.69) is 10.3 Å². The number of carbonyl (C=O) groups is 1. The number of nitrogens with one attached hydrogen (secondary N) is 1. The number of alkyl halides is 3. The fraction of sp³-hybridized carbons (Fsp3) is 0.579. The Labute approximate surface area is 180 Å². The summed E-state index contributed by atoms with van der Waals surface area (Å²) >= 11 is 0. The van der Waals surface area contributed by atoms with Gasteiger partial charge in [0.2, 0.25) is 21.8 Å². The number of sulfonamides is 1. The van der Waals surface area contributed by atoms with E-state index in [-0.39, 0.29) is 47.9 Å². The number of aromatic nitrogens is 2. The molecule has 12 heteroatoms. The van der Waals surface area contributed by atoms with Crippen LogP contribution in [-0.4, -0.2) is 73.4 Å². The van der Waals surface area contributed by atoms with E-state index in [1.54, 1.807) is 13.8 Å². The zero-order valence-electron chi connectivity index (χ0n) is 18.0. The summed E-state index contributed by atoms with van der Waals surface area (Å²) in [6.45, 7) is 4.59. The molecule has 0 bridgehead atoms. The van der Waals surface area contributed by atoms with Crippen molar-refractivity contribution in [3.05, 3.63) is 24.0 Å². The van der Waals surface area contributed by atoms with Gasteiger partial charge < -0.3 is 14.8 Å². The molecular weight excluding hydrogens is 435 g/mol. The Balaban J connectivity index is 2.36. The summed E-state index contributed by atoms with van der Waals surface area (Å²) in [5.74, 6) is -1.54. The zero-order valence-corrected chi connectivity index (χ0v) is 18.8. The number of imidazole rings is 1. The molecule has 0 saturated heterocycles. The lowest BCUT2D eigenvalue weighted by Crippen LogP contribution is -2.32. The second-order valence-corrected chi connectivity index (χ2v) is 9.17. The summed E-state index contributed by atoms with van der Waals surface area (Å²) in [6.07, 6.45) is -4.92. The average molecular weight is 464 g/mol. The third kappa shape index (κ3) is 5.95. The minimum Gasteiger partial charge on any atom is -0.355 e. The lowest BCUT2D eigenvalue weighted by Gasteiger charge is -2.18. The fourth-order valence-corrected chi connectivity index (χ4v) is 4.62. The van der Waals surface area contributed by atoms with Crippen LogP contribution in [0.25, 0.3) is 11.0 Å². The first-order chi connectivity index (χ1) is 14.4. The van der Waals surface area contributed by atoms with E-state index in [0.717, 1.165) is 10.6 Å². The van der Waals surface area contributed by atoms with Gasteiger partial charge in [-0.15, -0.1) is 0 Å². The van der Waals surface area contributed by atoms with Crippen LogP contribution in [0, 0.1) is 0 Å². The Kier molecular flexibility index (Phi) is 8.06. The highest BCUT2D eigenvalue weighted by Gasteiger charge is 2.38. The molecule has 0 spiro atoms. The summed E-state index contributed by atoms with van der Waals surface area (Å²) in [5.41, 5.74) is 0.0282. The molecule has 0 radical (unpaired) electrons. The average Bonchev–Trinajstić information content (AvgIpc) is 3.05. The van der Waals surface area contributed by atoms with Crippen LogP contribution in [0.15, 0.2) is 23.1 Å². The van der Waals surface area contributed by atoms with Gasteiger partial charge >= 0.3 is 6.18 Å². The molecule has 0 aliphatic carbocycles. The smallest absolute Gasteiger partial charge is 0.355 e.